The highest BCUT2D eigenvalue weighted by molar-refractivity contribution is 7.10. The predicted molar refractivity (Wildman–Crippen MR) is 103 cm³/mol. The molecule has 5 nitrogen and oxygen atoms in total. The van der Waals surface area contributed by atoms with E-state index in [4.69, 9.17) is 9.15 Å². The minimum atomic E-state index is -0.174. The van der Waals surface area contributed by atoms with E-state index < -0.39 is 0 Å². The number of furan rings is 1. The van der Waals surface area contributed by atoms with Crippen molar-refractivity contribution in [3.05, 3.63) is 76.4 Å². The summed E-state index contributed by atoms with van der Waals surface area (Å²) in [5.74, 6) is 1.71. The van der Waals surface area contributed by atoms with Crippen LogP contribution in [0.2, 0.25) is 0 Å². The molecule has 0 spiro atoms. The van der Waals surface area contributed by atoms with Crippen LogP contribution >= 0.6 is 11.3 Å². The molecule has 0 unspecified atom stereocenters. The molecule has 6 heteroatoms. The van der Waals surface area contributed by atoms with Crippen molar-refractivity contribution in [3.63, 3.8) is 0 Å². The van der Waals surface area contributed by atoms with E-state index in [0.717, 1.165) is 23.5 Å². The topological polar surface area (TPSA) is 63.5 Å². The summed E-state index contributed by atoms with van der Waals surface area (Å²) in [7, 11) is 1.65. The molecule has 2 N–H and O–H groups in total. The van der Waals surface area contributed by atoms with E-state index in [1.54, 1.807) is 24.7 Å². The molecular weight excluding hydrogens is 348 g/mol. The van der Waals surface area contributed by atoms with Crippen LogP contribution in [0.25, 0.3) is 0 Å². The minimum absolute atomic E-state index is 0.0253. The molecule has 0 aliphatic rings. The van der Waals surface area contributed by atoms with Gasteiger partial charge in [0.05, 0.1) is 19.3 Å². The van der Waals surface area contributed by atoms with E-state index in [2.05, 4.69) is 16.7 Å². The second kappa shape index (κ2) is 9.10. The summed E-state index contributed by atoms with van der Waals surface area (Å²) in [6.45, 7) is 1.06. The average Bonchev–Trinajstić information content (AvgIpc) is 3.37. The fourth-order valence-electron chi connectivity index (χ4n) is 2.69. The van der Waals surface area contributed by atoms with Crippen LogP contribution in [0.15, 0.2) is 64.6 Å². The van der Waals surface area contributed by atoms with Crippen molar-refractivity contribution in [3.8, 4) is 5.75 Å². The molecule has 0 saturated heterocycles. The maximum absolute atomic E-state index is 12.1. The van der Waals surface area contributed by atoms with E-state index in [0.29, 0.717) is 13.1 Å². The first-order chi connectivity index (χ1) is 12.8. The zero-order chi connectivity index (χ0) is 18.2. The predicted octanol–water partition coefficient (Wildman–Crippen LogP) is 4.02. The monoisotopic (exact) mass is 370 g/mol. The number of rotatable bonds is 8. The molecule has 1 atom stereocenters. The maximum atomic E-state index is 12.1. The van der Waals surface area contributed by atoms with E-state index in [9.17, 15) is 4.79 Å². The average molecular weight is 370 g/mol. The van der Waals surface area contributed by atoms with E-state index in [-0.39, 0.29) is 11.9 Å². The molecule has 136 valence electrons. The molecule has 0 fully saturated rings. The lowest BCUT2D eigenvalue weighted by Crippen LogP contribution is -2.38. The molecule has 0 aliphatic heterocycles. The summed E-state index contributed by atoms with van der Waals surface area (Å²) in [4.78, 5) is 13.3. The third-order valence-electron chi connectivity index (χ3n) is 4.10. The first-order valence-corrected chi connectivity index (χ1v) is 9.35. The van der Waals surface area contributed by atoms with Gasteiger partial charge < -0.3 is 19.8 Å². The van der Waals surface area contributed by atoms with Gasteiger partial charge in [-0.25, -0.2) is 4.79 Å². The van der Waals surface area contributed by atoms with Crippen LogP contribution in [-0.2, 0) is 6.42 Å². The van der Waals surface area contributed by atoms with Crippen LogP contribution in [0, 0.1) is 0 Å². The summed E-state index contributed by atoms with van der Waals surface area (Å²) in [5, 5.41) is 7.87. The maximum Gasteiger partial charge on any atom is 0.314 e. The standard InChI is InChI=1S/C20H22N2O3S/c1-24-16-8-6-15(7-9-16)10-11-21-20(23)22-14-17(18-4-2-12-25-18)19-5-3-13-26-19/h2-9,12-13,17H,10-11,14H2,1H3,(H2,21,22,23)/t17-/m1/s1. The van der Waals surface area contributed by atoms with Gasteiger partial charge in [0.1, 0.15) is 11.5 Å². The van der Waals surface area contributed by atoms with Crippen LogP contribution in [0.3, 0.4) is 0 Å². The second-order valence-corrected chi connectivity index (χ2v) is 6.80. The minimum Gasteiger partial charge on any atom is -0.497 e. The van der Waals surface area contributed by atoms with Gasteiger partial charge in [0.25, 0.3) is 0 Å². The van der Waals surface area contributed by atoms with E-state index >= 15 is 0 Å². The molecule has 0 radical (unpaired) electrons. The van der Waals surface area contributed by atoms with Crippen LogP contribution in [0.5, 0.6) is 5.75 Å². The largest absolute Gasteiger partial charge is 0.497 e. The molecular formula is C20H22N2O3S. The lowest BCUT2D eigenvalue weighted by Gasteiger charge is -2.14. The van der Waals surface area contributed by atoms with Gasteiger partial charge in [0.2, 0.25) is 0 Å². The number of methoxy groups -OCH3 is 1. The van der Waals surface area contributed by atoms with Gasteiger partial charge in [-0.2, -0.15) is 0 Å². The highest BCUT2D eigenvalue weighted by Gasteiger charge is 2.18. The Labute approximate surface area is 157 Å². The number of thiophene rings is 1. The molecule has 2 amide bonds. The molecule has 0 bridgehead atoms. The molecule has 1 aromatic carbocycles. The number of nitrogens with one attached hydrogen (secondary N) is 2. The van der Waals surface area contributed by atoms with Crippen molar-refractivity contribution in [2.45, 2.75) is 12.3 Å². The Morgan fingerprint density at radius 1 is 1.15 bits per heavy atom. The fourth-order valence-corrected chi connectivity index (χ4v) is 3.53. The number of hydrogen-bond acceptors (Lipinski definition) is 4. The lowest BCUT2D eigenvalue weighted by molar-refractivity contribution is 0.240. The number of carbonyl (C=O) groups is 1. The zero-order valence-electron chi connectivity index (χ0n) is 14.6. The Morgan fingerprint density at radius 3 is 2.65 bits per heavy atom. The SMILES string of the molecule is COc1ccc(CCNC(=O)NC[C@H](c2ccco2)c2cccs2)cc1. The molecule has 3 rings (SSSR count). The van der Waals surface area contributed by atoms with Gasteiger partial charge in [0.15, 0.2) is 0 Å². The Kier molecular flexibility index (Phi) is 6.33. The van der Waals surface area contributed by atoms with Crippen molar-refractivity contribution in [1.82, 2.24) is 10.6 Å². The van der Waals surface area contributed by atoms with Gasteiger partial charge in [-0.15, -0.1) is 11.3 Å². The fraction of sp³-hybridized carbons (Fsp3) is 0.250. The number of hydrogen-bond donors (Lipinski definition) is 2. The molecule has 2 heterocycles. The first kappa shape index (κ1) is 18.1. The lowest BCUT2D eigenvalue weighted by atomic mass is 10.1. The van der Waals surface area contributed by atoms with Crippen LogP contribution in [0.4, 0.5) is 4.79 Å². The van der Waals surface area contributed by atoms with Crippen molar-refractivity contribution < 1.29 is 13.9 Å². The second-order valence-electron chi connectivity index (χ2n) is 5.82. The molecule has 0 saturated carbocycles. The van der Waals surface area contributed by atoms with Gasteiger partial charge >= 0.3 is 6.03 Å². The Morgan fingerprint density at radius 2 is 2.00 bits per heavy atom. The third kappa shape index (κ3) is 4.89. The van der Waals surface area contributed by atoms with Crippen molar-refractivity contribution >= 4 is 17.4 Å². The van der Waals surface area contributed by atoms with Crippen molar-refractivity contribution in [2.75, 3.05) is 20.2 Å². The Hall–Kier alpha value is -2.73. The van der Waals surface area contributed by atoms with E-state index in [1.165, 1.54) is 4.88 Å². The van der Waals surface area contributed by atoms with Crippen molar-refractivity contribution in [1.29, 1.82) is 0 Å². The van der Waals surface area contributed by atoms with Gasteiger partial charge in [0, 0.05) is 18.0 Å². The number of ether oxygens (including phenoxy) is 1. The number of carbonyl (C=O) groups excluding carboxylic acids is 1. The highest BCUT2D eigenvalue weighted by Crippen LogP contribution is 2.28. The normalized spacial score (nSPS) is 11.7. The molecule has 2 aromatic heterocycles. The molecule has 3 aromatic rings. The number of benzene rings is 1. The molecule has 0 aliphatic carbocycles. The summed E-state index contributed by atoms with van der Waals surface area (Å²) in [6.07, 6.45) is 2.43. The first-order valence-electron chi connectivity index (χ1n) is 8.47. The number of amides is 2. The summed E-state index contributed by atoms with van der Waals surface area (Å²) < 4.78 is 10.7. The highest BCUT2D eigenvalue weighted by atomic mass is 32.1. The molecule has 26 heavy (non-hydrogen) atoms. The van der Waals surface area contributed by atoms with Gasteiger partial charge in [-0.1, -0.05) is 18.2 Å². The quantitative estimate of drug-likeness (QED) is 0.629. The zero-order valence-corrected chi connectivity index (χ0v) is 15.4. The summed E-state index contributed by atoms with van der Waals surface area (Å²) in [6, 6.07) is 15.5. The Balaban J connectivity index is 1.46. The van der Waals surface area contributed by atoms with E-state index in [1.807, 2.05) is 47.8 Å². The smallest absolute Gasteiger partial charge is 0.314 e. The van der Waals surface area contributed by atoms with Crippen LogP contribution in [-0.4, -0.2) is 26.2 Å². The van der Waals surface area contributed by atoms with Gasteiger partial charge in [-0.05, 0) is 47.7 Å². The van der Waals surface area contributed by atoms with Crippen LogP contribution < -0.4 is 15.4 Å². The summed E-state index contributed by atoms with van der Waals surface area (Å²) in [5.41, 5.74) is 1.15. The third-order valence-corrected chi connectivity index (χ3v) is 5.08. The summed E-state index contributed by atoms with van der Waals surface area (Å²) >= 11 is 1.66. The van der Waals surface area contributed by atoms with Crippen molar-refractivity contribution in [2.24, 2.45) is 0 Å². The number of urea groups is 1. The Bertz CT molecular complexity index is 749. The van der Waals surface area contributed by atoms with Gasteiger partial charge in [-0.3, -0.25) is 0 Å². The van der Waals surface area contributed by atoms with Crippen LogP contribution in [0.1, 0.15) is 22.1 Å².